The van der Waals surface area contributed by atoms with Crippen molar-refractivity contribution in [1.82, 2.24) is 20.2 Å². The van der Waals surface area contributed by atoms with Crippen molar-refractivity contribution in [2.24, 2.45) is 5.92 Å². The molecule has 4 nitrogen and oxygen atoms in total. The Labute approximate surface area is 110 Å². The van der Waals surface area contributed by atoms with Gasteiger partial charge in [0, 0.05) is 44.1 Å². The normalized spacial score (nSPS) is 25.6. The fraction of sp³-hybridized carbons (Fsp3) is 0.714. The van der Waals surface area contributed by atoms with Crippen LogP contribution >= 0.6 is 0 Å². The van der Waals surface area contributed by atoms with E-state index >= 15 is 0 Å². The number of aryl methyl sites for hydroxylation is 1. The number of aromatic nitrogens is 2. The van der Waals surface area contributed by atoms with Crippen LogP contribution in [0.1, 0.15) is 32.2 Å². The average molecular weight is 248 g/mol. The summed E-state index contributed by atoms with van der Waals surface area (Å²) in [7, 11) is 0. The first-order valence-corrected chi connectivity index (χ1v) is 6.81. The summed E-state index contributed by atoms with van der Waals surface area (Å²) in [4.78, 5) is 11.3. The Bertz CT molecular complexity index is 374. The fourth-order valence-corrected chi connectivity index (χ4v) is 2.55. The highest BCUT2D eigenvalue weighted by molar-refractivity contribution is 5.02. The predicted octanol–water partition coefficient (Wildman–Crippen LogP) is 1.60. The van der Waals surface area contributed by atoms with Crippen LogP contribution in [-0.4, -0.2) is 40.0 Å². The van der Waals surface area contributed by atoms with Gasteiger partial charge in [0.15, 0.2) is 0 Å². The van der Waals surface area contributed by atoms with Crippen LogP contribution in [0.15, 0.2) is 12.4 Å². The number of hydrogen-bond donors (Lipinski definition) is 1. The van der Waals surface area contributed by atoms with Crippen molar-refractivity contribution in [1.29, 1.82) is 0 Å². The Kier molecular flexibility index (Phi) is 4.30. The molecule has 100 valence electrons. The summed E-state index contributed by atoms with van der Waals surface area (Å²) in [5, 5.41) is 3.56. The third-order valence-corrected chi connectivity index (χ3v) is 3.62. The van der Waals surface area contributed by atoms with E-state index in [9.17, 15) is 0 Å². The Hall–Kier alpha value is -1.00. The molecule has 0 bridgehead atoms. The van der Waals surface area contributed by atoms with Crippen molar-refractivity contribution >= 4 is 0 Å². The van der Waals surface area contributed by atoms with E-state index in [4.69, 9.17) is 0 Å². The lowest BCUT2D eigenvalue weighted by molar-refractivity contribution is 0.0942. The highest BCUT2D eigenvalue weighted by Crippen LogP contribution is 2.17. The zero-order valence-electron chi connectivity index (χ0n) is 11.8. The minimum absolute atomic E-state index is 0.554. The summed E-state index contributed by atoms with van der Waals surface area (Å²) in [5.41, 5.74) is 2.05. The monoisotopic (exact) mass is 248 g/mol. The van der Waals surface area contributed by atoms with Crippen LogP contribution in [0, 0.1) is 12.8 Å². The van der Waals surface area contributed by atoms with E-state index in [1.54, 1.807) is 0 Å². The maximum atomic E-state index is 4.47. The van der Waals surface area contributed by atoms with E-state index in [-0.39, 0.29) is 0 Å². The van der Waals surface area contributed by atoms with E-state index in [1.165, 1.54) is 0 Å². The Morgan fingerprint density at radius 1 is 1.39 bits per heavy atom. The van der Waals surface area contributed by atoms with Gasteiger partial charge in [-0.2, -0.15) is 0 Å². The third kappa shape index (κ3) is 3.27. The zero-order valence-corrected chi connectivity index (χ0v) is 11.8. The van der Waals surface area contributed by atoms with Crippen molar-refractivity contribution in [3.05, 3.63) is 23.8 Å². The summed E-state index contributed by atoms with van der Waals surface area (Å²) in [6, 6.07) is 1.14. The maximum Gasteiger partial charge on any atom is 0.0727 e. The first kappa shape index (κ1) is 13.4. The van der Waals surface area contributed by atoms with Gasteiger partial charge in [-0.1, -0.05) is 13.8 Å². The molecule has 1 saturated heterocycles. The first-order chi connectivity index (χ1) is 8.56. The molecule has 0 amide bonds. The lowest BCUT2D eigenvalue weighted by atomic mass is 9.98. The van der Waals surface area contributed by atoms with Gasteiger partial charge in [0.2, 0.25) is 0 Å². The van der Waals surface area contributed by atoms with E-state index < -0.39 is 0 Å². The molecule has 0 spiro atoms. The lowest BCUT2D eigenvalue weighted by Crippen LogP contribution is -2.56. The second-order valence-electron chi connectivity index (χ2n) is 5.70. The SMILES string of the molecule is Cc1cnc(CN2CC(C)NCC2C(C)C)cn1. The van der Waals surface area contributed by atoms with Gasteiger partial charge >= 0.3 is 0 Å². The van der Waals surface area contributed by atoms with E-state index in [2.05, 4.69) is 41.0 Å². The lowest BCUT2D eigenvalue weighted by Gasteiger charge is -2.41. The molecule has 1 aromatic heterocycles. The maximum absolute atomic E-state index is 4.47. The zero-order chi connectivity index (χ0) is 13.1. The molecule has 4 heteroatoms. The predicted molar refractivity (Wildman–Crippen MR) is 73.3 cm³/mol. The van der Waals surface area contributed by atoms with Crippen LogP contribution in [0.3, 0.4) is 0 Å². The molecular formula is C14H24N4. The number of rotatable bonds is 3. The minimum Gasteiger partial charge on any atom is -0.311 e. The highest BCUT2D eigenvalue weighted by Gasteiger charge is 2.28. The van der Waals surface area contributed by atoms with Crippen molar-refractivity contribution in [3.8, 4) is 0 Å². The second kappa shape index (κ2) is 5.76. The van der Waals surface area contributed by atoms with Gasteiger partial charge in [0.25, 0.3) is 0 Å². The first-order valence-electron chi connectivity index (χ1n) is 6.81. The molecule has 0 saturated carbocycles. The van der Waals surface area contributed by atoms with Crippen molar-refractivity contribution in [2.45, 2.75) is 46.3 Å². The van der Waals surface area contributed by atoms with E-state index in [1.807, 2.05) is 19.3 Å². The van der Waals surface area contributed by atoms with Crippen molar-refractivity contribution < 1.29 is 0 Å². The van der Waals surface area contributed by atoms with Gasteiger partial charge in [0.05, 0.1) is 11.4 Å². The number of hydrogen-bond acceptors (Lipinski definition) is 4. The van der Waals surface area contributed by atoms with Crippen LogP contribution in [0.5, 0.6) is 0 Å². The summed E-state index contributed by atoms with van der Waals surface area (Å²) < 4.78 is 0. The molecule has 0 aliphatic carbocycles. The second-order valence-corrected chi connectivity index (χ2v) is 5.70. The molecule has 1 N–H and O–H groups in total. The van der Waals surface area contributed by atoms with Crippen LogP contribution in [0.2, 0.25) is 0 Å². The summed E-state index contributed by atoms with van der Waals surface area (Å²) in [6.45, 7) is 11.8. The number of nitrogens with zero attached hydrogens (tertiary/aromatic N) is 3. The molecular weight excluding hydrogens is 224 g/mol. The Balaban J connectivity index is 2.06. The van der Waals surface area contributed by atoms with Gasteiger partial charge in [-0.3, -0.25) is 14.9 Å². The molecule has 2 unspecified atom stereocenters. The number of piperazine rings is 1. The van der Waals surface area contributed by atoms with Crippen LogP contribution in [0.4, 0.5) is 0 Å². The van der Waals surface area contributed by atoms with Gasteiger partial charge < -0.3 is 5.32 Å². The largest absolute Gasteiger partial charge is 0.311 e. The molecule has 18 heavy (non-hydrogen) atoms. The molecule has 1 aliphatic rings. The summed E-state index contributed by atoms with van der Waals surface area (Å²) in [5.74, 6) is 0.656. The summed E-state index contributed by atoms with van der Waals surface area (Å²) in [6.07, 6.45) is 3.75. The van der Waals surface area contributed by atoms with Gasteiger partial charge in [-0.15, -0.1) is 0 Å². The Morgan fingerprint density at radius 3 is 2.78 bits per heavy atom. The standard InChI is InChI=1S/C14H24N4/c1-10(2)14-7-16-12(4)8-18(14)9-13-6-15-11(3)5-17-13/h5-6,10,12,14,16H,7-9H2,1-4H3. The van der Waals surface area contributed by atoms with Crippen LogP contribution < -0.4 is 5.32 Å². The van der Waals surface area contributed by atoms with Crippen molar-refractivity contribution in [2.75, 3.05) is 13.1 Å². The molecule has 2 heterocycles. The van der Waals surface area contributed by atoms with E-state index in [0.29, 0.717) is 18.0 Å². The molecule has 2 rings (SSSR count). The molecule has 1 aromatic rings. The van der Waals surface area contributed by atoms with Crippen molar-refractivity contribution in [3.63, 3.8) is 0 Å². The smallest absolute Gasteiger partial charge is 0.0727 e. The highest BCUT2D eigenvalue weighted by atomic mass is 15.2. The van der Waals surface area contributed by atoms with Gasteiger partial charge in [-0.05, 0) is 19.8 Å². The van der Waals surface area contributed by atoms with Crippen LogP contribution in [0.25, 0.3) is 0 Å². The quantitative estimate of drug-likeness (QED) is 0.882. The molecule has 0 aromatic carbocycles. The molecule has 2 atom stereocenters. The van der Waals surface area contributed by atoms with Gasteiger partial charge in [0.1, 0.15) is 0 Å². The third-order valence-electron chi connectivity index (χ3n) is 3.62. The minimum atomic E-state index is 0.554. The fourth-order valence-electron chi connectivity index (χ4n) is 2.55. The topological polar surface area (TPSA) is 41.1 Å². The van der Waals surface area contributed by atoms with Gasteiger partial charge in [-0.25, -0.2) is 0 Å². The van der Waals surface area contributed by atoms with E-state index in [0.717, 1.165) is 31.0 Å². The summed E-state index contributed by atoms with van der Waals surface area (Å²) >= 11 is 0. The van der Waals surface area contributed by atoms with Crippen LogP contribution in [-0.2, 0) is 6.54 Å². The number of nitrogens with one attached hydrogen (secondary N) is 1. The molecule has 1 aliphatic heterocycles. The Morgan fingerprint density at radius 2 is 2.17 bits per heavy atom. The molecule has 1 fully saturated rings. The average Bonchev–Trinajstić information content (AvgIpc) is 2.32. The molecule has 0 radical (unpaired) electrons.